The van der Waals surface area contributed by atoms with Crippen molar-refractivity contribution in [2.45, 2.75) is 26.8 Å². The van der Waals surface area contributed by atoms with Gasteiger partial charge in [-0.25, -0.2) is 23.7 Å². The van der Waals surface area contributed by atoms with Crippen LogP contribution in [0.3, 0.4) is 0 Å². The number of aromatic nitrogens is 3. The number of nitrogens with one attached hydrogen (secondary N) is 1. The van der Waals surface area contributed by atoms with Gasteiger partial charge in [-0.1, -0.05) is 0 Å². The highest BCUT2D eigenvalue weighted by atomic mass is 32.1. The van der Waals surface area contributed by atoms with E-state index < -0.39 is 17.5 Å². The predicted molar refractivity (Wildman–Crippen MR) is 106 cm³/mol. The first kappa shape index (κ1) is 19.8. The van der Waals surface area contributed by atoms with E-state index in [4.69, 9.17) is 0 Å². The molecule has 0 bridgehead atoms. The number of benzene rings is 1. The standard InChI is InChI=1S/C19H19F2N5OS/c1-10(2)24-17-7-15(22-9-23-17)16-8-28-19(25-16)26(4)18(27)12-5-13(20)11(3)14(21)6-12/h5-10H,1-4H3,(H,22,23,24). The molecule has 1 aromatic carbocycles. The largest absolute Gasteiger partial charge is 0.368 e. The molecule has 3 aromatic rings. The maximum absolute atomic E-state index is 13.8. The normalized spacial score (nSPS) is 11.0. The van der Waals surface area contributed by atoms with Crippen molar-refractivity contribution < 1.29 is 13.6 Å². The van der Waals surface area contributed by atoms with Crippen molar-refractivity contribution in [1.29, 1.82) is 0 Å². The summed E-state index contributed by atoms with van der Waals surface area (Å²) in [5.74, 6) is -1.40. The molecule has 0 aliphatic heterocycles. The Bertz CT molecular complexity index is 998. The lowest BCUT2D eigenvalue weighted by atomic mass is 10.1. The second-order valence-electron chi connectivity index (χ2n) is 6.53. The SMILES string of the molecule is Cc1c(F)cc(C(=O)N(C)c2nc(-c3cc(NC(C)C)ncn3)cs2)cc1F. The minimum Gasteiger partial charge on any atom is -0.368 e. The number of thiazole rings is 1. The molecule has 2 heterocycles. The number of amides is 1. The molecule has 28 heavy (non-hydrogen) atoms. The first-order chi connectivity index (χ1) is 13.3. The first-order valence-corrected chi connectivity index (χ1v) is 9.42. The average molecular weight is 403 g/mol. The van der Waals surface area contributed by atoms with Crippen LogP contribution in [0.1, 0.15) is 29.8 Å². The lowest BCUT2D eigenvalue weighted by Gasteiger charge is -2.14. The molecule has 2 aromatic heterocycles. The summed E-state index contributed by atoms with van der Waals surface area (Å²) >= 11 is 1.23. The van der Waals surface area contributed by atoms with Crippen LogP contribution in [0.25, 0.3) is 11.4 Å². The van der Waals surface area contributed by atoms with Gasteiger partial charge in [-0.05, 0) is 32.9 Å². The lowest BCUT2D eigenvalue weighted by Crippen LogP contribution is -2.26. The molecule has 9 heteroatoms. The molecule has 146 valence electrons. The molecule has 0 unspecified atom stereocenters. The van der Waals surface area contributed by atoms with Gasteiger partial charge in [0.15, 0.2) is 5.13 Å². The molecule has 0 aliphatic carbocycles. The van der Waals surface area contributed by atoms with Crippen molar-refractivity contribution in [3.8, 4) is 11.4 Å². The maximum Gasteiger partial charge on any atom is 0.260 e. The van der Waals surface area contributed by atoms with Gasteiger partial charge in [-0.3, -0.25) is 9.69 Å². The van der Waals surface area contributed by atoms with Crippen LogP contribution in [-0.2, 0) is 0 Å². The van der Waals surface area contributed by atoms with Crippen molar-refractivity contribution in [3.63, 3.8) is 0 Å². The molecule has 1 amide bonds. The van der Waals surface area contributed by atoms with Crippen LogP contribution >= 0.6 is 11.3 Å². The van der Waals surface area contributed by atoms with Crippen LogP contribution in [0, 0.1) is 18.6 Å². The van der Waals surface area contributed by atoms with E-state index >= 15 is 0 Å². The number of carbonyl (C=O) groups excluding carboxylic acids is 1. The summed E-state index contributed by atoms with van der Waals surface area (Å²) in [6.07, 6.45) is 1.44. The monoisotopic (exact) mass is 403 g/mol. The topological polar surface area (TPSA) is 71.0 Å². The molecular formula is C19H19F2N5OS. The Labute approximate surface area is 165 Å². The summed E-state index contributed by atoms with van der Waals surface area (Å²) in [6.45, 7) is 5.32. The van der Waals surface area contributed by atoms with E-state index in [1.54, 1.807) is 11.4 Å². The molecule has 0 spiro atoms. The van der Waals surface area contributed by atoms with E-state index in [2.05, 4.69) is 20.3 Å². The Morgan fingerprint density at radius 3 is 2.46 bits per heavy atom. The molecule has 0 aliphatic rings. The quantitative estimate of drug-likeness (QED) is 0.688. The Morgan fingerprint density at radius 1 is 1.14 bits per heavy atom. The highest BCUT2D eigenvalue weighted by Crippen LogP contribution is 2.28. The minimum atomic E-state index is -0.761. The van der Waals surface area contributed by atoms with Gasteiger partial charge in [0.1, 0.15) is 29.5 Å². The van der Waals surface area contributed by atoms with Crippen molar-refractivity contribution >= 4 is 28.2 Å². The Kier molecular flexibility index (Phi) is 5.64. The molecule has 0 saturated carbocycles. The summed E-state index contributed by atoms with van der Waals surface area (Å²) in [4.78, 5) is 26.7. The lowest BCUT2D eigenvalue weighted by molar-refractivity contribution is 0.0992. The van der Waals surface area contributed by atoms with E-state index in [-0.39, 0.29) is 17.2 Å². The number of hydrogen-bond donors (Lipinski definition) is 1. The minimum absolute atomic E-state index is 0.0784. The summed E-state index contributed by atoms with van der Waals surface area (Å²) in [6, 6.07) is 4.04. The van der Waals surface area contributed by atoms with Gasteiger partial charge in [0.2, 0.25) is 0 Å². The molecule has 0 fully saturated rings. The zero-order valence-corrected chi connectivity index (χ0v) is 16.6. The van der Waals surface area contributed by atoms with Crippen molar-refractivity contribution in [2.75, 3.05) is 17.3 Å². The Morgan fingerprint density at radius 2 is 1.82 bits per heavy atom. The van der Waals surface area contributed by atoms with Gasteiger partial charge in [-0.2, -0.15) is 0 Å². The van der Waals surface area contributed by atoms with Gasteiger partial charge < -0.3 is 5.32 Å². The molecule has 0 saturated heterocycles. The third kappa shape index (κ3) is 4.14. The van der Waals surface area contributed by atoms with E-state index in [1.807, 2.05) is 13.8 Å². The number of hydrogen-bond acceptors (Lipinski definition) is 6. The fourth-order valence-electron chi connectivity index (χ4n) is 2.46. The van der Waals surface area contributed by atoms with Crippen LogP contribution < -0.4 is 10.2 Å². The fourth-order valence-corrected chi connectivity index (χ4v) is 3.24. The number of rotatable bonds is 5. The van der Waals surface area contributed by atoms with Crippen molar-refractivity contribution in [3.05, 3.63) is 52.7 Å². The number of nitrogens with zero attached hydrogens (tertiary/aromatic N) is 4. The van der Waals surface area contributed by atoms with Crippen LogP contribution in [0.5, 0.6) is 0 Å². The molecule has 0 atom stereocenters. The highest BCUT2D eigenvalue weighted by molar-refractivity contribution is 7.14. The number of halogens is 2. The van der Waals surface area contributed by atoms with Gasteiger partial charge in [0.05, 0.1) is 5.69 Å². The molecule has 0 radical (unpaired) electrons. The van der Waals surface area contributed by atoms with Crippen LogP contribution in [0.15, 0.2) is 29.9 Å². The van der Waals surface area contributed by atoms with E-state index in [0.717, 1.165) is 12.1 Å². The summed E-state index contributed by atoms with van der Waals surface area (Å²) in [7, 11) is 1.51. The predicted octanol–water partition coefficient (Wildman–Crippen LogP) is 4.28. The third-order valence-corrected chi connectivity index (χ3v) is 4.89. The molecule has 3 rings (SSSR count). The zero-order valence-electron chi connectivity index (χ0n) is 15.8. The second kappa shape index (κ2) is 7.97. The van der Waals surface area contributed by atoms with Crippen molar-refractivity contribution in [1.82, 2.24) is 15.0 Å². The van der Waals surface area contributed by atoms with E-state index in [1.165, 1.54) is 36.5 Å². The van der Waals surface area contributed by atoms with Crippen LogP contribution in [0.4, 0.5) is 19.7 Å². The average Bonchev–Trinajstić information content (AvgIpc) is 3.14. The van der Waals surface area contributed by atoms with Crippen molar-refractivity contribution in [2.24, 2.45) is 0 Å². The highest BCUT2D eigenvalue weighted by Gasteiger charge is 2.20. The number of anilines is 2. The third-order valence-electron chi connectivity index (χ3n) is 3.98. The Hall–Kier alpha value is -2.94. The smallest absolute Gasteiger partial charge is 0.260 e. The summed E-state index contributed by atoms with van der Waals surface area (Å²) in [5, 5.41) is 5.34. The van der Waals surface area contributed by atoms with Gasteiger partial charge in [0, 0.05) is 35.7 Å². The van der Waals surface area contributed by atoms with Gasteiger partial charge in [-0.15, -0.1) is 11.3 Å². The Balaban J connectivity index is 1.84. The van der Waals surface area contributed by atoms with E-state index in [9.17, 15) is 13.6 Å². The molecular weight excluding hydrogens is 384 g/mol. The first-order valence-electron chi connectivity index (χ1n) is 8.54. The van der Waals surface area contributed by atoms with E-state index in [0.29, 0.717) is 22.3 Å². The zero-order chi connectivity index (χ0) is 20.4. The van der Waals surface area contributed by atoms with Crippen LogP contribution in [0.2, 0.25) is 0 Å². The van der Waals surface area contributed by atoms with Gasteiger partial charge >= 0.3 is 0 Å². The fraction of sp³-hybridized carbons (Fsp3) is 0.263. The molecule has 6 nitrogen and oxygen atoms in total. The molecule has 1 N–H and O–H groups in total. The maximum atomic E-state index is 13.8. The second-order valence-corrected chi connectivity index (χ2v) is 7.37. The van der Waals surface area contributed by atoms with Gasteiger partial charge in [0.25, 0.3) is 5.91 Å². The summed E-state index contributed by atoms with van der Waals surface area (Å²) in [5.41, 5.74) is 0.986. The van der Waals surface area contributed by atoms with Crippen LogP contribution in [-0.4, -0.2) is 33.9 Å². The summed E-state index contributed by atoms with van der Waals surface area (Å²) < 4.78 is 27.6. The number of carbonyl (C=O) groups is 1.